The molecule has 0 saturated carbocycles. The Morgan fingerprint density at radius 2 is 1.75 bits per heavy atom. The number of amides is 1. The van der Waals surface area contributed by atoms with Gasteiger partial charge in [0.1, 0.15) is 0 Å². The molecular formula is C17H18BrNO. The molecule has 0 heterocycles. The first kappa shape index (κ1) is 14.8. The molecule has 0 fully saturated rings. The summed E-state index contributed by atoms with van der Waals surface area (Å²) < 4.78 is 0. The summed E-state index contributed by atoms with van der Waals surface area (Å²) in [5, 5.41) is 3.74. The van der Waals surface area contributed by atoms with Gasteiger partial charge >= 0.3 is 0 Å². The van der Waals surface area contributed by atoms with Crippen molar-refractivity contribution in [3.63, 3.8) is 0 Å². The smallest absolute Gasteiger partial charge is 0.251 e. The van der Waals surface area contributed by atoms with Crippen molar-refractivity contribution in [3.05, 3.63) is 71.3 Å². The zero-order chi connectivity index (χ0) is 14.4. The van der Waals surface area contributed by atoms with E-state index < -0.39 is 0 Å². The molecule has 2 nitrogen and oxygen atoms in total. The van der Waals surface area contributed by atoms with E-state index in [4.69, 9.17) is 0 Å². The fraction of sp³-hybridized carbons (Fsp3) is 0.235. The molecule has 20 heavy (non-hydrogen) atoms. The van der Waals surface area contributed by atoms with E-state index in [2.05, 4.69) is 33.4 Å². The molecule has 0 aliphatic rings. The van der Waals surface area contributed by atoms with Crippen molar-refractivity contribution >= 4 is 21.8 Å². The molecule has 2 aromatic rings. The van der Waals surface area contributed by atoms with Gasteiger partial charge in [0.25, 0.3) is 5.91 Å². The molecule has 0 bridgehead atoms. The number of hydrogen-bond acceptors (Lipinski definition) is 1. The average Bonchev–Trinajstić information content (AvgIpc) is 2.48. The van der Waals surface area contributed by atoms with Gasteiger partial charge in [0, 0.05) is 16.9 Å². The molecule has 104 valence electrons. The van der Waals surface area contributed by atoms with Gasteiger partial charge in [-0.3, -0.25) is 4.79 Å². The Morgan fingerprint density at radius 3 is 2.45 bits per heavy atom. The number of hydrogen-bond donors (Lipinski definition) is 1. The Labute approximate surface area is 128 Å². The summed E-state index contributed by atoms with van der Waals surface area (Å²) in [6.45, 7) is 2.03. The second-order valence-electron chi connectivity index (χ2n) is 4.86. The maximum absolute atomic E-state index is 12.3. The zero-order valence-electron chi connectivity index (χ0n) is 11.5. The fourth-order valence-corrected chi connectivity index (χ4v) is 2.67. The van der Waals surface area contributed by atoms with Gasteiger partial charge in [-0.2, -0.15) is 0 Å². The van der Waals surface area contributed by atoms with E-state index in [0.717, 1.165) is 17.5 Å². The summed E-state index contributed by atoms with van der Waals surface area (Å²) >= 11 is 3.42. The Morgan fingerprint density at radius 1 is 1.10 bits per heavy atom. The number of benzene rings is 2. The summed E-state index contributed by atoms with van der Waals surface area (Å²) in [6, 6.07) is 18.0. The highest BCUT2D eigenvalue weighted by molar-refractivity contribution is 9.08. The average molecular weight is 332 g/mol. The van der Waals surface area contributed by atoms with E-state index in [1.54, 1.807) is 0 Å². The standard InChI is InChI=1S/C17H18BrNO/c1-13(11-14-7-3-2-4-8-14)19-17(20)16-10-6-5-9-15(16)12-18/h2-10,13H,11-12H2,1H3,(H,19,20). The zero-order valence-corrected chi connectivity index (χ0v) is 13.1. The van der Waals surface area contributed by atoms with Crippen LogP contribution in [-0.2, 0) is 11.8 Å². The molecule has 2 aromatic carbocycles. The van der Waals surface area contributed by atoms with Crippen LogP contribution in [0.1, 0.15) is 28.4 Å². The lowest BCUT2D eigenvalue weighted by atomic mass is 10.1. The van der Waals surface area contributed by atoms with Crippen molar-refractivity contribution in [2.45, 2.75) is 24.7 Å². The molecule has 0 aliphatic carbocycles. The summed E-state index contributed by atoms with van der Waals surface area (Å²) in [7, 11) is 0. The fourth-order valence-electron chi connectivity index (χ4n) is 2.18. The lowest BCUT2D eigenvalue weighted by molar-refractivity contribution is 0.0939. The van der Waals surface area contributed by atoms with Gasteiger partial charge < -0.3 is 5.32 Å². The van der Waals surface area contributed by atoms with Crippen LogP contribution in [0.15, 0.2) is 54.6 Å². The van der Waals surface area contributed by atoms with Crippen molar-refractivity contribution in [1.29, 1.82) is 0 Å². The first-order chi connectivity index (χ1) is 9.70. The highest BCUT2D eigenvalue weighted by atomic mass is 79.9. The van der Waals surface area contributed by atoms with E-state index in [9.17, 15) is 4.79 Å². The Bertz CT molecular complexity index is 568. The Kier molecular flexibility index (Phi) is 5.36. The third-order valence-electron chi connectivity index (χ3n) is 3.17. The van der Waals surface area contributed by atoms with Crippen LogP contribution in [0, 0.1) is 0 Å². The van der Waals surface area contributed by atoms with Crippen LogP contribution in [0.3, 0.4) is 0 Å². The first-order valence-corrected chi connectivity index (χ1v) is 7.81. The van der Waals surface area contributed by atoms with E-state index in [0.29, 0.717) is 5.33 Å². The summed E-state index contributed by atoms with van der Waals surface area (Å²) in [5.41, 5.74) is 2.98. The molecular weight excluding hydrogens is 314 g/mol. The number of halogens is 1. The van der Waals surface area contributed by atoms with E-state index in [1.807, 2.05) is 49.4 Å². The van der Waals surface area contributed by atoms with Gasteiger partial charge in [0.05, 0.1) is 0 Å². The minimum absolute atomic E-state index is 0.0107. The van der Waals surface area contributed by atoms with Gasteiger partial charge in [0.15, 0.2) is 0 Å². The van der Waals surface area contributed by atoms with Gasteiger partial charge in [-0.15, -0.1) is 0 Å². The molecule has 3 heteroatoms. The predicted molar refractivity (Wildman–Crippen MR) is 86.1 cm³/mol. The van der Waals surface area contributed by atoms with Gasteiger partial charge in [0.2, 0.25) is 0 Å². The van der Waals surface area contributed by atoms with Crippen molar-refractivity contribution in [1.82, 2.24) is 5.32 Å². The number of carbonyl (C=O) groups is 1. The first-order valence-electron chi connectivity index (χ1n) is 6.69. The third-order valence-corrected chi connectivity index (χ3v) is 3.77. The SMILES string of the molecule is CC(Cc1ccccc1)NC(=O)c1ccccc1CBr. The molecule has 1 amide bonds. The third kappa shape index (κ3) is 3.94. The summed E-state index contributed by atoms with van der Waals surface area (Å²) in [6.07, 6.45) is 0.836. The van der Waals surface area contributed by atoms with Gasteiger partial charge in [-0.1, -0.05) is 64.5 Å². The normalized spacial score (nSPS) is 11.9. The minimum atomic E-state index is -0.0107. The molecule has 1 unspecified atom stereocenters. The number of rotatable bonds is 5. The van der Waals surface area contributed by atoms with Crippen molar-refractivity contribution in [2.24, 2.45) is 0 Å². The van der Waals surface area contributed by atoms with Crippen LogP contribution >= 0.6 is 15.9 Å². The summed E-state index contributed by atoms with van der Waals surface area (Å²) in [5.74, 6) is -0.0107. The van der Waals surface area contributed by atoms with Crippen LogP contribution in [0.4, 0.5) is 0 Å². The largest absolute Gasteiger partial charge is 0.349 e. The highest BCUT2D eigenvalue weighted by Crippen LogP contribution is 2.13. The number of nitrogens with one attached hydrogen (secondary N) is 1. The highest BCUT2D eigenvalue weighted by Gasteiger charge is 2.13. The van der Waals surface area contributed by atoms with E-state index in [-0.39, 0.29) is 11.9 Å². The molecule has 0 aromatic heterocycles. The predicted octanol–water partition coefficient (Wildman–Crippen LogP) is 3.94. The topological polar surface area (TPSA) is 29.1 Å². The maximum Gasteiger partial charge on any atom is 0.251 e. The van der Waals surface area contributed by atoms with Crippen molar-refractivity contribution in [3.8, 4) is 0 Å². The molecule has 1 atom stereocenters. The molecule has 0 aliphatic heterocycles. The maximum atomic E-state index is 12.3. The lowest BCUT2D eigenvalue weighted by Crippen LogP contribution is -2.34. The minimum Gasteiger partial charge on any atom is -0.349 e. The molecule has 1 N–H and O–H groups in total. The van der Waals surface area contributed by atoms with Gasteiger partial charge in [-0.05, 0) is 30.5 Å². The Balaban J connectivity index is 2.00. The summed E-state index contributed by atoms with van der Waals surface area (Å²) in [4.78, 5) is 12.3. The van der Waals surface area contributed by atoms with Crippen LogP contribution in [0.25, 0.3) is 0 Å². The number of carbonyl (C=O) groups excluding carboxylic acids is 1. The molecule has 2 rings (SSSR count). The molecule has 0 radical (unpaired) electrons. The van der Waals surface area contributed by atoms with Crippen LogP contribution in [0.5, 0.6) is 0 Å². The van der Waals surface area contributed by atoms with Crippen molar-refractivity contribution in [2.75, 3.05) is 0 Å². The van der Waals surface area contributed by atoms with Crippen LogP contribution in [0.2, 0.25) is 0 Å². The van der Waals surface area contributed by atoms with Crippen LogP contribution < -0.4 is 5.32 Å². The van der Waals surface area contributed by atoms with Gasteiger partial charge in [-0.25, -0.2) is 0 Å². The second-order valence-corrected chi connectivity index (χ2v) is 5.42. The molecule has 0 saturated heterocycles. The number of alkyl halides is 1. The second kappa shape index (κ2) is 7.25. The van der Waals surface area contributed by atoms with E-state index >= 15 is 0 Å². The molecule has 0 spiro atoms. The quantitative estimate of drug-likeness (QED) is 0.826. The van der Waals surface area contributed by atoms with Crippen LogP contribution in [-0.4, -0.2) is 11.9 Å². The Hall–Kier alpha value is -1.61. The van der Waals surface area contributed by atoms with E-state index in [1.165, 1.54) is 5.56 Å². The lowest BCUT2D eigenvalue weighted by Gasteiger charge is -2.15. The van der Waals surface area contributed by atoms with Crippen molar-refractivity contribution < 1.29 is 4.79 Å². The monoisotopic (exact) mass is 331 g/mol.